The van der Waals surface area contributed by atoms with Crippen molar-refractivity contribution in [1.29, 1.82) is 0 Å². The quantitative estimate of drug-likeness (QED) is 0.713. The molecule has 1 aromatic carbocycles. The fourth-order valence-electron chi connectivity index (χ4n) is 4.96. The van der Waals surface area contributed by atoms with Gasteiger partial charge < -0.3 is 14.2 Å². The Hall–Kier alpha value is -2.23. The van der Waals surface area contributed by atoms with Crippen LogP contribution in [0.15, 0.2) is 18.2 Å². The van der Waals surface area contributed by atoms with Gasteiger partial charge in [0.15, 0.2) is 0 Å². The van der Waals surface area contributed by atoms with Gasteiger partial charge in [0.05, 0.1) is 7.11 Å². The third-order valence-electron chi connectivity index (χ3n) is 6.42. The van der Waals surface area contributed by atoms with Crippen LogP contribution in [0, 0.1) is 0 Å². The van der Waals surface area contributed by atoms with E-state index in [4.69, 9.17) is 4.74 Å². The maximum atomic E-state index is 13.6. The SMILES string of the molecule is CCCc1cc2c(cc1OC)CCn1c-2cc2c1C(=O)N(C(C)(C)C)CCCC2. The van der Waals surface area contributed by atoms with Gasteiger partial charge in [0.2, 0.25) is 0 Å². The molecule has 156 valence electrons. The fraction of sp³-hybridized carbons (Fsp3) is 0.560. The van der Waals surface area contributed by atoms with Crippen molar-refractivity contribution < 1.29 is 9.53 Å². The molecule has 1 amide bonds. The molecule has 0 spiro atoms. The minimum Gasteiger partial charge on any atom is -0.496 e. The number of amides is 1. The normalized spacial score (nSPS) is 16.6. The molecule has 0 radical (unpaired) electrons. The van der Waals surface area contributed by atoms with Crippen LogP contribution >= 0.6 is 0 Å². The molecule has 4 rings (SSSR count). The summed E-state index contributed by atoms with van der Waals surface area (Å²) in [6, 6.07) is 6.82. The third kappa shape index (κ3) is 3.47. The van der Waals surface area contributed by atoms with Gasteiger partial charge in [0, 0.05) is 29.9 Å². The summed E-state index contributed by atoms with van der Waals surface area (Å²) in [7, 11) is 1.76. The van der Waals surface area contributed by atoms with Crippen LogP contribution in [0.4, 0.5) is 0 Å². The predicted octanol–water partition coefficient (Wildman–Crippen LogP) is 5.25. The first kappa shape index (κ1) is 20.1. The number of benzene rings is 1. The smallest absolute Gasteiger partial charge is 0.271 e. The largest absolute Gasteiger partial charge is 0.496 e. The van der Waals surface area contributed by atoms with Gasteiger partial charge >= 0.3 is 0 Å². The summed E-state index contributed by atoms with van der Waals surface area (Å²) in [4.78, 5) is 15.7. The second-order valence-electron chi connectivity index (χ2n) is 9.46. The van der Waals surface area contributed by atoms with Crippen molar-refractivity contribution in [2.45, 2.75) is 78.3 Å². The summed E-state index contributed by atoms with van der Waals surface area (Å²) in [6.45, 7) is 10.3. The number of rotatable bonds is 3. The lowest BCUT2D eigenvalue weighted by Crippen LogP contribution is -2.47. The summed E-state index contributed by atoms with van der Waals surface area (Å²) >= 11 is 0. The number of carbonyl (C=O) groups excluding carboxylic acids is 1. The lowest BCUT2D eigenvalue weighted by molar-refractivity contribution is 0.0558. The molecule has 0 bridgehead atoms. The van der Waals surface area contributed by atoms with Crippen LogP contribution in [0.25, 0.3) is 11.3 Å². The molecule has 29 heavy (non-hydrogen) atoms. The molecule has 2 aliphatic heterocycles. The van der Waals surface area contributed by atoms with E-state index in [-0.39, 0.29) is 11.4 Å². The van der Waals surface area contributed by atoms with Gasteiger partial charge in [-0.1, -0.05) is 13.3 Å². The molecule has 0 unspecified atom stereocenters. The Morgan fingerprint density at radius 1 is 1.03 bits per heavy atom. The Kier molecular flexibility index (Phi) is 5.22. The number of hydrogen-bond acceptors (Lipinski definition) is 2. The lowest BCUT2D eigenvalue weighted by atomic mass is 9.94. The number of nitrogens with zero attached hydrogens (tertiary/aromatic N) is 2. The van der Waals surface area contributed by atoms with Crippen LogP contribution in [-0.2, 0) is 25.8 Å². The van der Waals surface area contributed by atoms with Crippen LogP contribution < -0.4 is 4.74 Å². The van der Waals surface area contributed by atoms with E-state index in [2.05, 4.69) is 55.4 Å². The number of methoxy groups -OCH3 is 1. The summed E-state index contributed by atoms with van der Waals surface area (Å²) in [5.74, 6) is 1.20. The summed E-state index contributed by atoms with van der Waals surface area (Å²) in [5, 5.41) is 0. The molecule has 0 aliphatic carbocycles. The zero-order chi connectivity index (χ0) is 20.8. The monoisotopic (exact) mass is 394 g/mol. The first-order valence-electron chi connectivity index (χ1n) is 11.1. The van der Waals surface area contributed by atoms with Crippen molar-refractivity contribution >= 4 is 5.91 Å². The highest BCUT2D eigenvalue weighted by molar-refractivity contribution is 5.96. The zero-order valence-electron chi connectivity index (χ0n) is 18.6. The number of carbonyl (C=O) groups is 1. The standard InChI is InChI=1S/C25H34N2O2/c1-6-9-18-14-20-17(16-22(18)29-5)11-13-26-21(20)15-19-10-7-8-12-27(25(2,3)4)24(28)23(19)26/h14-16H,6-13H2,1-5H3. The van der Waals surface area contributed by atoms with E-state index >= 15 is 0 Å². The second-order valence-corrected chi connectivity index (χ2v) is 9.46. The summed E-state index contributed by atoms with van der Waals surface area (Å²) in [6.07, 6.45) is 6.23. The van der Waals surface area contributed by atoms with Crippen molar-refractivity contribution in [2.75, 3.05) is 13.7 Å². The van der Waals surface area contributed by atoms with Gasteiger partial charge in [0.25, 0.3) is 5.91 Å². The van der Waals surface area contributed by atoms with E-state index in [1.54, 1.807) is 7.11 Å². The van der Waals surface area contributed by atoms with Gasteiger partial charge in [-0.25, -0.2) is 0 Å². The zero-order valence-corrected chi connectivity index (χ0v) is 18.6. The van der Waals surface area contributed by atoms with Gasteiger partial charge in [-0.15, -0.1) is 0 Å². The van der Waals surface area contributed by atoms with E-state index in [0.29, 0.717) is 0 Å². The van der Waals surface area contributed by atoms with Crippen molar-refractivity contribution in [3.05, 3.63) is 40.6 Å². The minimum atomic E-state index is -0.162. The molecule has 2 aliphatic rings. The lowest BCUT2D eigenvalue weighted by Gasteiger charge is -2.37. The molecule has 1 aromatic heterocycles. The van der Waals surface area contributed by atoms with Gasteiger partial charge in [-0.2, -0.15) is 0 Å². The van der Waals surface area contributed by atoms with E-state index < -0.39 is 0 Å². The molecule has 2 aromatic rings. The second kappa shape index (κ2) is 7.55. The van der Waals surface area contributed by atoms with E-state index in [1.165, 1.54) is 27.9 Å². The fourth-order valence-corrected chi connectivity index (χ4v) is 4.96. The molecule has 3 heterocycles. The number of ether oxygens (including phenoxy) is 1. The molecule has 4 heteroatoms. The number of hydrogen-bond donors (Lipinski definition) is 0. The number of fused-ring (bicyclic) bond motifs is 5. The highest BCUT2D eigenvalue weighted by Gasteiger charge is 2.34. The minimum absolute atomic E-state index is 0.162. The van der Waals surface area contributed by atoms with Crippen LogP contribution in [0.3, 0.4) is 0 Å². The van der Waals surface area contributed by atoms with E-state index in [1.807, 2.05) is 0 Å². The van der Waals surface area contributed by atoms with E-state index in [9.17, 15) is 4.79 Å². The molecule has 0 saturated carbocycles. The van der Waals surface area contributed by atoms with Gasteiger partial charge in [-0.3, -0.25) is 4.79 Å². The Morgan fingerprint density at radius 3 is 2.52 bits per heavy atom. The van der Waals surface area contributed by atoms with Gasteiger partial charge in [-0.05, 0) is 87.8 Å². The molecular weight excluding hydrogens is 360 g/mol. The van der Waals surface area contributed by atoms with Crippen LogP contribution in [0.2, 0.25) is 0 Å². The predicted molar refractivity (Wildman–Crippen MR) is 118 cm³/mol. The van der Waals surface area contributed by atoms with Crippen molar-refractivity contribution in [3.8, 4) is 17.0 Å². The Balaban J connectivity index is 1.86. The first-order chi connectivity index (χ1) is 13.8. The highest BCUT2D eigenvalue weighted by Crippen LogP contribution is 2.39. The highest BCUT2D eigenvalue weighted by atomic mass is 16.5. The Labute approximate surface area is 174 Å². The third-order valence-corrected chi connectivity index (χ3v) is 6.42. The van der Waals surface area contributed by atoms with Gasteiger partial charge in [0.1, 0.15) is 11.4 Å². The molecular formula is C25H34N2O2. The van der Waals surface area contributed by atoms with Crippen molar-refractivity contribution in [3.63, 3.8) is 0 Å². The molecule has 0 N–H and O–H groups in total. The first-order valence-corrected chi connectivity index (χ1v) is 11.1. The Bertz CT molecular complexity index is 933. The van der Waals surface area contributed by atoms with Crippen LogP contribution in [-0.4, -0.2) is 34.6 Å². The molecule has 0 saturated heterocycles. The molecule has 0 atom stereocenters. The topological polar surface area (TPSA) is 34.5 Å². The maximum Gasteiger partial charge on any atom is 0.271 e. The van der Waals surface area contributed by atoms with Crippen molar-refractivity contribution in [1.82, 2.24) is 9.47 Å². The Morgan fingerprint density at radius 2 is 1.83 bits per heavy atom. The van der Waals surface area contributed by atoms with Crippen LogP contribution in [0.5, 0.6) is 5.75 Å². The molecule has 4 nitrogen and oxygen atoms in total. The number of aromatic nitrogens is 1. The van der Waals surface area contributed by atoms with E-state index in [0.717, 1.165) is 63.1 Å². The maximum absolute atomic E-state index is 13.6. The summed E-state index contributed by atoms with van der Waals surface area (Å²) in [5.41, 5.74) is 7.07. The number of aryl methyl sites for hydroxylation is 3. The van der Waals surface area contributed by atoms with Crippen LogP contribution in [0.1, 0.15) is 74.1 Å². The molecule has 0 fully saturated rings. The summed E-state index contributed by atoms with van der Waals surface area (Å²) < 4.78 is 7.97. The average molecular weight is 395 g/mol. The average Bonchev–Trinajstić information content (AvgIpc) is 3.03. The van der Waals surface area contributed by atoms with Crippen molar-refractivity contribution in [2.24, 2.45) is 0 Å².